The molecular weight excluding hydrogens is 282 g/mol. The van der Waals surface area contributed by atoms with Gasteiger partial charge in [0, 0.05) is 19.6 Å². The van der Waals surface area contributed by atoms with Crippen molar-refractivity contribution in [3.8, 4) is 0 Å². The molecule has 2 amide bonds. The number of fused-ring (bicyclic) bond motifs is 1. The van der Waals surface area contributed by atoms with Gasteiger partial charge >= 0.3 is 0 Å². The lowest BCUT2D eigenvalue weighted by Gasteiger charge is -2.26. The minimum Gasteiger partial charge on any atom is -0.346 e. The van der Waals surface area contributed by atoms with Gasteiger partial charge < -0.3 is 10.2 Å². The van der Waals surface area contributed by atoms with Crippen LogP contribution in [0.25, 0.3) is 0 Å². The van der Waals surface area contributed by atoms with Crippen LogP contribution >= 0.6 is 0 Å². The van der Waals surface area contributed by atoms with E-state index in [1.54, 1.807) is 16.6 Å². The lowest BCUT2D eigenvalue weighted by molar-refractivity contribution is 0.0774. The Kier molecular flexibility index (Phi) is 5.15. The maximum Gasteiger partial charge on any atom is 0.276 e. The van der Waals surface area contributed by atoms with E-state index in [9.17, 15) is 9.59 Å². The van der Waals surface area contributed by atoms with Crippen LogP contribution in [0.4, 0.5) is 0 Å². The molecule has 1 aliphatic heterocycles. The van der Waals surface area contributed by atoms with Crippen LogP contribution in [0.1, 0.15) is 61.0 Å². The molecule has 0 radical (unpaired) electrons. The minimum absolute atomic E-state index is 0.0440. The fourth-order valence-corrected chi connectivity index (χ4v) is 2.70. The summed E-state index contributed by atoms with van der Waals surface area (Å²) >= 11 is 0. The quantitative estimate of drug-likeness (QED) is 0.859. The average Bonchev–Trinajstić information content (AvgIpc) is 2.87. The second kappa shape index (κ2) is 6.89. The molecule has 0 unspecified atom stereocenters. The smallest absolute Gasteiger partial charge is 0.276 e. The van der Waals surface area contributed by atoms with Crippen molar-refractivity contribution in [1.82, 2.24) is 25.2 Å². The highest BCUT2D eigenvalue weighted by Gasteiger charge is 2.33. The van der Waals surface area contributed by atoms with Crippen LogP contribution < -0.4 is 5.32 Å². The van der Waals surface area contributed by atoms with Crippen molar-refractivity contribution in [1.29, 1.82) is 0 Å². The molecule has 7 nitrogen and oxygen atoms in total. The Labute approximate surface area is 131 Å². The van der Waals surface area contributed by atoms with E-state index >= 15 is 0 Å². The Morgan fingerprint density at radius 1 is 1.50 bits per heavy atom. The van der Waals surface area contributed by atoms with E-state index in [1.807, 2.05) is 0 Å². The van der Waals surface area contributed by atoms with E-state index in [4.69, 9.17) is 0 Å². The molecule has 2 rings (SSSR count). The fraction of sp³-hybridized carbons (Fsp3) is 0.733. The van der Waals surface area contributed by atoms with Crippen molar-refractivity contribution in [2.45, 2.75) is 52.6 Å². The monoisotopic (exact) mass is 307 g/mol. The Morgan fingerprint density at radius 3 is 2.86 bits per heavy atom. The molecule has 1 N–H and O–H groups in total. The van der Waals surface area contributed by atoms with Gasteiger partial charge in [-0.25, -0.2) is 4.68 Å². The molecule has 0 aromatic carbocycles. The molecule has 2 heterocycles. The van der Waals surface area contributed by atoms with Crippen LogP contribution in [-0.4, -0.2) is 51.3 Å². The van der Waals surface area contributed by atoms with E-state index in [-0.39, 0.29) is 29.2 Å². The van der Waals surface area contributed by atoms with Gasteiger partial charge in [-0.1, -0.05) is 32.4 Å². The van der Waals surface area contributed by atoms with E-state index < -0.39 is 0 Å². The third-order valence-electron chi connectivity index (χ3n) is 3.83. The number of carbonyl (C=O) groups excluding carboxylic acids is 2. The number of rotatable bonds is 6. The highest BCUT2D eigenvalue weighted by molar-refractivity contribution is 6.05. The van der Waals surface area contributed by atoms with E-state index in [0.29, 0.717) is 19.0 Å². The highest BCUT2D eigenvalue weighted by Crippen LogP contribution is 2.17. The Hall–Kier alpha value is -1.92. The summed E-state index contributed by atoms with van der Waals surface area (Å²) in [4.78, 5) is 26.3. The average molecular weight is 307 g/mol. The number of unbranched alkanes of at least 4 members (excludes halogenated alkanes) is 1. The van der Waals surface area contributed by atoms with Crippen LogP contribution in [0.2, 0.25) is 0 Å². The highest BCUT2D eigenvalue weighted by atomic mass is 16.2. The molecule has 0 fully saturated rings. The Balaban J connectivity index is 2.16. The number of carbonyl (C=O) groups is 2. The SMILES string of the molecule is CCCCN(C)C(=O)c1nnn2c1C(=O)N[C@@H](CC(C)C)C2. The number of hydrogen-bond donors (Lipinski definition) is 1. The van der Waals surface area contributed by atoms with Gasteiger partial charge in [-0.3, -0.25) is 9.59 Å². The normalized spacial score (nSPS) is 17.3. The van der Waals surface area contributed by atoms with Gasteiger partial charge in [0.25, 0.3) is 11.8 Å². The first-order valence-corrected chi connectivity index (χ1v) is 7.93. The number of nitrogens with zero attached hydrogens (tertiary/aromatic N) is 4. The van der Waals surface area contributed by atoms with Crippen molar-refractivity contribution in [3.05, 3.63) is 11.4 Å². The zero-order valence-electron chi connectivity index (χ0n) is 13.8. The molecule has 7 heteroatoms. The summed E-state index contributed by atoms with van der Waals surface area (Å²) in [5, 5.41) is 10.9. The summed E-state index contributed by atoms with van der Waals surface area (Å²) in [5.41, 5.74) is 0.437. The molecular formula is C15H25N5O2. The van der Waals surface area contributed by atoms with Gasteiger partial charge in [0.05, 0.1) is 6.54 Å². The molecule has 122 valence electrons. The molecule has 0 saturated heterocycles. The molecule has 1 aromatic rings. The lowest BCUT2D eigenvalue weighted by Crippen LogP contribution is -2.46. The Morgan fingerprint density at radius 2 is 2.23 bits per heavy atom. The standard InChI is InChI=1S/C15H25N5O2/c1-5-6-7-19(4)15(22)12-13-14(21)16-11(8-10(2)3)9-20(13)18-17-12/h10-11H,5-9H2,1-4H3,(H,16,21)/t11-/m0/s1. The number of amides is 2. The molecule has 1 aromatic heterocycles. The van der Waals surface area contributed by atoms with Crippen molar-refractivity contribution in [2.75, 3.05) is 13.6 Å². The van der Waals surface area contributed by atoms with Crippen molar-refractivity contribution >= 4 is 11.8 Å². The first-order valence-electron chi connectivity index (χ1n) is 7.93. The summed E-state index contributed by atoms with van der Waals surface area (Å²) in [6.45, 7) is 7.51. The molecule has 1 aliphatic rings. The van der Waals surface area contributed by atoms with Crippen LogP contribution in [-0.2, 0) is 6.54 Å². The summed E-state index contributed by atoms with van der Waals surface area (Å²) in [6.07, 6.45) is 2.81. The maximum atomic E-state index is 12.4. The van der Waals surface area contributed by atoms with Gasteiger partial charge in [0.2, 0.25) is 0 Å². The molecule has 1 atom stereocenters. The molecule has 0 spiro atoms. The van der Waals surface area contributed by atoms with Crippen LogP contribution in [0.3, 0.4) is 0 Å². The first kappa shape index (κ1) is 16.5. The zero-order valence-corrected chi connectivity index (χ0v) is 13.8. The van der Waals surface area contributed by atoms with Gasteiger partial charge in [0.15, 0.2) is 11.4 Å². The van der Waals surface area contributed by atoms with E-state index in [0.717, 1.165) is 19.3 Å². The van der Waals surface area contributed by atoms with Gasteiger partial charge in [-0.15, -0.1) is 5.10 Å². The number of nitrogens with one attached hydrogen (secondary N) is 1. The van der Waals surface area contributed by atoms with Gasteiger partial charge in [0.1, 0.15) is 0 Å². The second-order valence-electron chi connectivity index (χ2n) is 6.35. The number of aromatic nitrogens is 3. The molecule has 0 saturated carbocycles. The lowest BCUT2D eigenvalue weighted by atomic mass is 10.0. The van der Waals surface area contributed by atoms with E-state index in [1.165, 1.54) is 0 Å². The fourth-order valence-electron chi connectivity index (χ4n) is 2.70. The summed E-state index contributed by atoms with van der Waals surface area (Å²) in [5.74, 6) is -0.0158. The molecule has 0 aliphatic carbocycles. The third-order valence-corrected chi connectivity index (χ3v) is 3.83. The molecule has 0 bridgehead atoms. The van der Waals surface area contributed by atoms with Crippen LogP contribution in [0.15, 0.2) is 0 Å². The predicted octanol–water partition coefficient (Wildman–Crippen LogP) is 1.31. The molecule has 22 heavy (non-hydrogen) atoms. The minimum atomic E-state index is -0.255. The van der Waals surface area contributed by atoms with Gasteiger partial charge in [-0.05, 0) is 18.8 Å². The van der Waals surface area contributed by atoms with Gasteiger partial charge in [-0.2, -0.15) is 0 Å². The Bertz CT molecular complexity index is 552. The largest absolute Gasteiger partial charge is 0.346 e. The predicted molar refractivity (Wildman–Crippen MR) is 82.6 cm³/mol. The number of hydrogen-bond acceptors (Lipinski definition) is 4. The van der Waals surface area contributed by atoms with Crippen molar-refractivity contribution in [2.24, 2.45) is 5.92 Å². The van der Waals surface area contributed by atoms with Crippen LogP contribution in [0.5, 0.6) is 0 Å². The zero-order chi connectivity index (χ0) is 16.3. The third kappa shape index (κ3) is 3.45. The summed E-state index contributed by atoms with van der Waals surface area (Å²) in [6, 6.07) is 0.0440. The van der Waals surface area contributed by atoms with E-state index in [2.05, 4.69) is 36.4 Å². The van der Waals surface area contributed by atoms with Crippen molar-refractivity contribution < 1.29 is 9.59 Å². The summed E-state index contributed by atoms with van der Waals surface area (Å²) < 4.78 is 1.56. The second-order valence-corrected chi connectivity index (χ2v) is 6.35. The first-order chi connectivity index (χ1) is 10.4. The maximum absolute atomic E-state index is 12.4. The van der Waals surface area contributed by atoms with Crippen LogP contribution in [0, 0.1) is 5.92 Å². The topological polar surface area (TPSA) is 80.1 Å². The summed E-state index contributed by atoms with van der Waals surface area (Å²) in [7, 11) is 1.73. The van der Waals surface area contributed by atoms with Crippen molar-refractivity contribution in [3.63, 3.8) is 0 Å².